The summed E-state index contributed by atoms with van der Waals surface area (Å²) in [5.41, 5.74) is 1.28. The number of benzene rings is 1. The van der Waals surface area contributed by atoms with Gasteiger partial charge in [0.1, 0.15) is 23.7 Å². The second kappa shape index (κ2) is 9.21. The van der Waals surface area contributed by atoms with E-state index in [1.807, 2.05) is 6.07 Å². The molecule has 2 N–H and O–H groups in total. The van der Waals surface area contributed by atoms with E-state index in [0.29, 0.717) is 24.1 Å². The average Bonchev–Trinajstić information content (AvgIpc) is 2.63. The van der Waals surface area contributed by atoms with E-state index >= 15 is 0 Å². The van der Waals surface area contributed by atoms with Gasteiger partial charge in [-0.3, -0.25) is 15.0 Å². The molecule has 0 unspecified atom stereocenters. The zero-order valence-corrected chi connectivity index (χ0v) is 16.7. The van der Waals surface area contributed by atoms with Crippen molar-refractivity contribution in [2.75, 3.05) is 11.9 Å². The fraction of sp³-hybridized carbons (Fsp3) is 0.381. The molecule has 0 saturated carbocycles. The fourth-order valence-corrected chi connectivity index (χ4v) is 2.56. The van der Waals surface area contributed by atoms with Gasteiger partial charge in [-0.25, -0.2) is 9.97 Å². The number of nitrogens with zero attached hydrogens (tertiary/aromatic N) is 2. The molecule has 0 spiro atoms. The number of nitrogens with one attached hydrogen (secondary N) is 2. The number of carbonyl (C=O) groups is 2. The minimum Gasteiger partial charge on any atom is -0.459 e. The van der Waals surface area contributed by atoms with E-state index in [4.69, 9.17) is 10.1 Å². The number of hydrogen-bond donors (Lipinski definition) is 2. The normalized spacial score (nSPS) is 11.0. The lowest BCUT2D eigenvalue weighted by Gasteiger charge is -2.20. The lowest BCUT2D eigenvalue weighted by atomic mass is 9.99. The molecule has 2 aromatic rings. The van der Waals surface area contributed by atoms with Gasteiger partial charge in [-0.15, -0.1) is 0 Å². The first-order valence-corrected chi connectivity index (χ1v) is 9.10. The molecule has 1 aromatic heterocycles. The fourth-order valence-electron chi connectivity index (χ4n) is 2.56. The Labute approximate surface area is 165 Å². The van der Waals surface area contributed by atoms with Crippen molar-refractivity contribution in [2.24, 2.45) is 0 Å². The lowest BCUT2D eigenvalue weighted by molar-refractivity contribution is -0.152. The van der Waals surface area contributed by atoms with E-state index in [2.05, 4.69) is 15.3 Å². The number of carbonyl (C=O) groups excluding carboxylic acids is 2. The topological polar surface area (TPSA) is 105 Å². The number of ether oxygens (including phenoxy) is 1. The molecule has 0 amide bonds. The second-order valence-electron chi connectivity index (χ2n) is 7.42. The Morgan fingerprint density at radius 2 is 1.82 bits per heavy atom. The van der Waals surface area contributed by atoms with Crippen molar-refractivity contribution in [3.05, 3.63) is 53.6 Å². The lowest BCUT2D eigenvalue weighted by Crippen LogP contribution is -2.28. The summed E-state index contributed by atoms with van der Waals surface area (Å²) in [6.07, 6.45) is 4.72. The number of anilines is 1. The van der Waals surface area contributed by atoms with E-state index in [1.165, 1.54) is 6.92 Å². The van der Waals surface area contributed by atoms with Crippen LogP contribution in [0.15, 0.2) is 36.7 Å². The number of ketones is 1. The van der Waals surface area contributed by atoms with Gasteiger partial charge >= 0.3 is 5.97 Å². The van der Waals surface area contributed by atoms with Crippen molar-refractivity contribution in [2.45, 2.75) is 46.1 Å². The van der Waals surface area contributed by atoms with Crippen LogP contribution in [0, 0.1) is 5.41 Å². The molecular weight excluding hydrogens is 356 g/mol. The van der Waals surface area contributed by atoms with Crippen LogP contribution in [-0.4, -0.2) is 39.6 Å². The zero-order valence-electron chi connectivity index (χ0n) is 16.7. The van der Waals surface area contributed by atoms with E-state index in [9.17, 15) is 9.59 Å². The number of aromatic nitrogens is 2. The molecule has 7 heteroatoms. The summed E-state index contributed by atoms with van der Waals surface area (Å²) in [4.78, 5) is 32.1. The third kappa shape index (κ3) is 6.57. The van der Waals surface area contributed by atoms with Crippen LogP contribution in [0.25, 0.3) is 0 Å². The van der Waals surface area contributed by atoms with Gasteiger partial charge in [0.05, 0.1) is 0 Å². The molecule has 2 rings (SSSR count). The van der Waals surface area contributed by atoms with Crippen LogP contribution >= 0.6 is 0 Å². The first-order valence-electron chi connectivity index (χ1n) is 9.10. The Morgan fingerprint density at radius 3 is 2.43 bits per heavy atom. The molecule has 0 saturated heterocycles. The summed E-state index contributed by atoms with van der Waals surface area (Å²) in [7, 11) is 0. The Balaban J connectivity index is 2.14. The monoisotopic (exact) mass is 382 g/mol. The van der Waals surface area contributed by atoms with E-state index in [-0.39, 0.29) is 18.0 Å². The van der Waals surface area contributed by atoms with Gasteiger partial charge in [0.25, 0.3) is 0 Å². The molecule has 0 atom stereocenters. The zero-order chi connectivity index (χ0) is 20.7. The van der Waals surface area contributed by atoms with Gasteiger partial charge in [0.2, 0.25) is 0 Å². The maximum atomic E-state index is 12.0. The van der Waals surface area contributed by atoms with E-state index in [1.54, 1.807) is 51.4 Å². The Kier molecular flexibility index (Phi) is 6.98. The maximum Gasteiger partial charge on any atom is 0.325 e. The third-order valence-electron chi connectivity index (χ3n) is 3.81. The minimum atomic E-state index is -0.572. The predicted molar refractivity (Wildman–Crippen MR) is 108 cm³/mol. The van der Waals surface area contributed by atoms with Crippen LogP contribution in [0.1, 0.15) is 44.6 Å². The summed E-state index contributed by atoms with van der Waals surface area (Å²) in [6, 6.07) is 7.24. The summed E-state index contributed by atoms with van der Waals surface area (Å²) in [5.74, 6) is -0.0141. The second-order valence-corrected chi connectivity index (χ2v) is 7.42. The van der Waals surface area contributed by atoms with Gasteiger partial charge < -0.3 is 10.1 Å². The highest BCUT2D eigenvalue weighted by Gasteiger charge is 2.18. The van der Waals surface area contributed by atoms with Crippen molar-refractivity contribution < 1.29 is 14.3 Å². The molecule has 0 aliphatic heterocycles. The van der Waals surface area contributed by atoms with Crippen LogP contribution in [0.2, 0.25) is 0 Å². The molecule has 1 heterocycles. The molecule has 1 aromatic carbocycles. The number of rotatable bonds is 8. The van der Waals surface area contributed by atoms with Gasteiger partial charge in [-0.2, -0.15) is 0 Å². The van der Waals surface area contributed by atoms with Crippen molar-refractivity contribution >= 4 is 23.2 Å². The van der Waals surface area contributed by atoms with Gasteiger partial charge in [0, 0.05) is 37.0 Å². The van der Waals surface area contributed by atoms with E-state index in [0.717, 1.165) is 11.4 Å². The van der Waals surface area contributed by atoms with Crippen LogP contribution < -0.4 is 5.32 Å². The summed E-state index contributed by atoms with van der Waals surface area (Å²) in [5, 5.41) is 11.1. The Hall–Kier alpha value is -3.09. The van der Waals surface area contributed by atoms with Crippen molar-refractivity contribution in [3.8, 4) is 0 Å². The number of hydrogen-bond acceptors (Lipinski definition) is 7. The molecule has 0 aliphatic rings. The van der Waals surface area contributed by atoms with Gasteiger partial charge in [-0.1, -0.05) is 6.07 Å². The summed E-state index contributed by atoms with van der Waals surface area (Å²) < 4.78 is 5.28. The van der Waals surface area contributed by atoms with Crippen LogP contribution in [0.3, 0.4) is 0 Å². The molecule has 148 valence electrons. The molecule has 7 nitrogen and oxygen atoms in total. The van der Waals surface area contributed by atoms with Crippen LogP contribution in [0.5, 0.6) is 0 Å². The number of aryl methyl sites for hydroxylation is 2. The highest BCUT2D eigenvalue weighted by Crippen LogP contribution is 2.20. The quantitative estimate of drug-likeness (QED) is 0.537. The standard InChI is InChI=1S/C21H26N4O3/c1-14(26)20(22)16-12-15(7-9-18-23-10-5-11-24-18)6-8-17(16)25-13-19(27)28-21(2,3)4/h5-6,8,10-12,22,25H,7,9,13H2,1-4H3. The average molecular weight is 382 g/mol. The summed E-state index contributed by atoms with van der Waals surface area (Å²) >= 11 is 0. The Morgan fingerprint density at radius 1 is 1.14 bits per heavy atom. The highest BCUT2D eigenvalue weighted by molar-refractivity contribution is 6.45. The van der Waals surface area contributed by atoms with Crippen LogP contribution in [0.4, 0.5) is 5.69 Å². The number of Topliss-reactive ketones (excluding diaryl/α,β-unsaturated/α-hetero) is 1. The van der Waals surface area contributed by atoms with Gasteiger partial charge in [0.15, 0.2) is 5.78 Å². The molecule has 0 bridgehead atoms. The molecule has 0 aliphatic carbocycles. The highest BCUT2D eigenvalue weighted by atomic mass is 16.6. The largest absolute Gasteiger partial charge is 0.459 e. The first-order chi connectivity index (χ1) is 13.2. The van der Waals surface area contributed by atoms with E-state index < -0.39 is 11.6 Å². The SMILES string of the molecule is CC(=O)C(=N)c1cc(CCc2ncccn2)ccc1NCC(=O)OC(C)(C)C. The summed E-state index contributed by atoms with van der Waals surface area (Å²) in [6.45, 7) is 6.70. The van der Waals surface area contributed by atoms with Crippen molar-refractivity contribution in [3.63, 3.8) is 0 Å². The molecule has 28 heavy (non-hydrogen) atoms. The first kappa shape index (κ1) is 21.2. The van der Waals surface area contributed by atoms with Crippen molar-refractivity contribution in [1.82, 2.24) is 9.97 Å². The van der Waals surface area contributed by atoms with Crippen LogP contribution in [-0.2, 0) is 27.2 Å². The Bertz CT molecular complexity index is 858. The maximum absolute atomic E-state index is 12.0. The van der Waals surface area contributed by atoms with Gasteiger partial charge in [-0.05, 0) is 51.0 Å². The van der Waals surface area contributed by atoms with Crippen molar-refractivity contribution in [1.29, 1.82) is 5.41 Å². The molecule has 0 radical (unpaired) electrons. The smallest absolute Gasteiger partial charge is 0.325 e. The predicted octanol–water partition coefficient (Wildman–Crippen LogP) is 2.97. The molecular formula is C21H26N4O3. The third-order valence-corrected chi connectivity index (χ3v) is 3.81. The molecule has 0 fully saturated rings. The number of esters is 1. The minimum absolute atomic E-state index is 0.0490.